The summed E-state index contributed by atoms with van der Waals surface area (Å²) in [6.07, 6.45) is 1.05. The minimum Gasteiger partial charge on any atom is -0.349 e. The van der Waals surface area contributed by atoms with Gasteiger partial charge in [0.25, 0.3) is 0 Å². The molecule has 1 fully saturated rings. The van der Waals surface area contributed by atoms with Gasteiger partial charge in [-0.3, -0.25) is 4.79 Å². The second-order valence-corrected chi connectivity index (χ2v) is 6.57. The molecule has 2 rings (SSSR count). The van der Waals surface area contributed by atoms with Crippen molar-refractivity contribution in [3.63, 3.8) is 0 Å². The van der Waals surface area contributed by atoms with Crippen molar-refractivity contribution in [1.29, 1.82) is 0 Å². The average Bonchev–Trinajstić information content (AvgIpc) is 2.90. The van der Waals surface area contributed by atoms with Crippen LogP contribution in [0.15, 0.2) is 24.3 Å². The van der Waals surface area contributed by atoms with Gasteiger partial charge in [-0.1, -0.05) is 52.0 Å². The standard InChI is InChI=1S/C18H28N2O/c1-5-14-6-8-15(9-7-14)17(12(2)3)20-18(21)16-11-19-10-13(16)4/h6-9,12-13,16-17,19H,5,10-11H2,1-4H3,(H,20,21)/t13-,16-,17?/m1/s1. The highest BCUT2D eigenvalue weighted by Gasteiger charge is 2.31. The van der Waals surface area contributed by atoms with Gasteiger partial charge in [0.1, 0.15) is 0 Å². The van der Waals surface area contributed by atoms with Gasteiger partial charge in [0.05, 0.1) is 12.0 Å². The fraction of sp³-hybridized carbons (Fsp3) is 0.611. The molecule has 1 amide bonds. The van der Waals surface area contributed by atoms with Crippen LogP contribution in [0.3, 0.4) is 0 Å². The van der Waals surface area contributed by atoms with Gasteiger partial charge in [-0.2, -0.15) is 0 Å². The smallest absolute Gasteiger partial charge is 0.225 e. The van der Waals surface area contributed by atoms with Crippen LogP contribution in [0.2, 0.25) is 0 Å². The Balaban J connectivity index is 2.09. The van der Waals surface area contributed by atoms with Gasteiger partial charge in [0, 0.05) is 6.54 Å². The Bertz CT molecular complexity index is 467. The van der Waals surface area contributed by atoms with Crippen LogP contribution in [-0.2, 0) is 11.2 Å². The van der Waals surface area contributed by atoms with Crippen LogP contribution < -0.4 is 10.6 Å². The van der Waals surface area contributed by atoms with E-state index in [0.29, 0.717) is 11.8 Å². The van der Waals surface area contributed by atoms with E-state index in [1.807, 2.05) is 0 Å². The Hall–Kier alpha value is -1.35. The molecule has 0 bridgehead atoms. The molecule has 2 N–H and O–H groups in total. The predicted molar refractivity (Wildman–Crippen MR) is 87.1 cm³/mol. The topological polar surface area (TPSA) is 41.1 Å². The molecule has 0 aromatic heterocycles. The number of carbonyl (C=O) groups excluding carboxylic acids is 1. The van der Waals surface area contributed by atoms with E-state index in [4.69, 9.17) is 0 Å². The second-order valence-electron chi connectivity index (χ2n) is 6.57. The predicted octanol–water partition coefficient (Wildman–Crippen LogP) is 2.92. The summed E-state index contributed by atoms with van der Waals surface area (Å²) in [7, 11) is 0. The first kappa shape index (κ1) is 16.0. The highest BCUT2D eigenvalue weighted by Crippen LogP contribution is 2.24. The highest BCUT2D eigenvalue weighted by atomic mass is 16.2. The molecule has 1 aromatic carbocycles. The lowest BCUT2D eigenvalue weighted by Gasteiger charge is -2.25. The molecule has 1 aliphatic rings. The van der Waals surface area contributed by atoms with Crippen molar-refractivity contribution < 1.29 is 4.79 Å². The lowest BCUT2D eigenvalue weighted by molar-refractivity contribution is -0.126. The zero-order chi connectivity index (χ0) is 15.4. The molecule has 0 aliphatic carbocycles. The second kappa shape index (κ2) is 7.08. The van der Waals surface area contributed by atoms with E-state index in [1.54, 1.807) is 0 Å². The van der Waals surface area contributed by atoms with Crippen molar-refractivity contribution in [2.75, 3.05) is 13.1 Å². The number of carbonyl (C=O) groups is 1. The zero-order valence-electron chi connectivity index (χ0n) is 13.6. The maximum absolute atomic E-state index is 12.5. The molecule has 1 saturated heterocycles. The van der Waals surface area contributed by atoms with Crippen LogP contribution in [-0.4, -0.2) is 19.0 Å². The molecule has 0 radical (unpaired) electrons. The summed E-state index contributed by atoms with van der Waals surface area (Å²) in [4.78, 5) is 12.5. The van der Waals surface area contributed by atoms with E-state index in [2.05, 4.69) is 62.6 Å². The van der Waals surface area contributed by atoms with Crippen molar-refractivity contribution in [3.8, 4) is 0 Å². The Morgan fingerprint density at radius 2 is 1.95 bits per heavy atom. The van der Waals surface area contributed by atoms with Crippen molar-refractivity contribution >= 4 is 5.91 Å². The van der Waals surface area contributed by atoms with Gasteiger partial charge in [-0.25, -0.2) is 0 Å². The third-order valence-corrected chi connectivity index (χ3v) is 4.57. The molecular weight excluding hydrogens is 260 g/mol. The van der Waals surface area contributed by atoms with Crippen molar-refractivity contribution in [1.82, 2.24) is 10.6 Å². The number of aryl methyl sites for hydroxylation is 1. The molecule has 116 valence electrons. The van der Waals surface area contributed by atoms with Crippen molar-refractivity contribution in [3.05, 3.63) is 35.4 Å². The quantitative estimate of drug-likeness (QED) is 0.874. The summed E-state index contributed by atoms with van der Waals surface area (Å²) < 4.78 is 0. The van der Waals surface area contributed by atoms with Crippen molar-refractivity contribution in [2.45, 2.75) is 40.2 Å². The van der Waals surface area contributed by atoms with E-state index in [1.165, 1.54) is 11.1 Å². The molecule has 3 heteroatoms. The maximum atomic E-state index is 12.5. The minimum atomic E-state index is 0.0937. The monoisotopic (exact) mass is 288 g/mol. The molecule has 1 aliphatic heterocycles. The largest absolute Gasteiger partial charge is 0.349 e. The lowest BCUT2D eigenvalue weighted by atomic mass is 9.92. The minimum absolute atomic E-state index is 0.0937. The molecule has 1 heterocycles. The van der Waals surface area contributed by atoms with Crippen LogP contribution >= 0.6 is 0 Å². The molecule has 0 saturated carbocycles. The first-order valence-corrected chi connectivity index (χ1v) is 8.12. The van der Waals surface area contributed by atoms with Crippen LogP contribution in [0.1, 0.15) is 44.9 Å². The molecule has 3 atom stereocenters. The lowest BCUT2D eigenvalue weighted by Crippen LogP contribution is -2.38. The summed E-state index contributed by atoms with van der Waals surface area (Å²) in [5.41, 5.74) is 2.54. The van der Waals surface area contributed by atoms with E-state index < -0.39 is 0 Å². The van der Waals surface area contributed by atoms with Gasteiger partial charge in [-0.15, -0.1) is 0 Å². The molecular formula is C18H28N2O. The number of hydrogen-bond donors (Lipinski definition) is 2. The SMILES string of the molecule is CCc1ccc(C(NC(=O)[C@@H]2CNC[C@H]2C)C(C)C)cc1. The van der Waals surface area contributed by atoms with Gasteiger partial charge < -0.3 is 10.6 Å². The first-order chi connectivity index (χ1) is 10.0. The zero-order valence-corrected chi connectivity index (χ0v) is 13.6. The number of hydrogen-bond acceptors (Lipinski definition) is 2. The van der Waals surface area contributed by atoms with E-state index >= 15 is 0 Å². The number of rotatable bonds is 5. The van der Waals surface area contributed by atoms with Crippen LogP contribution in [0.4, 0.5) is 0 Å². The Morgan fingerprint density at radius 1 is 1.29 bits per heavy atom. The number of amides is 1. The number of benzene rings is 1. The van der Waals surface area contributed by atoms with Gasteiger partial charge in [0.15, 0.2) is 0 Å². The average molecular weight is 288 g/mol. The fourth-order valence-electron chi connectivity index (χ4n) is 3.02. The Morgan fingerprint density at radius 3 is 2.43 bits per heavy atom. The third kappa shape index (κ3) is 3.85. The molecule has 1 unspecified atom stereocenters. The van der Waals surface area contributed by atoms with Crippen LogP contribution in [0.25, 0.3) is 0 Å². The van der Waals surface area contributed by atoms with Gasteiger partial charge >= 0.3 is 0 Å². The molecule has 21 heavy (non-hydrogen) atoms. The molecule has 0 spiro atoms. The summed E-state index contributed by atoms with van der Waals surface area (Å²) in [6.45, 7) is 10.4. The van der Waals surface area contributed by atoms with Gasteiger partial charge in [-0.05, 0) is 35.9 Å². The van der Waals surface area contributed by atoms with E-state index in [0.717, 1.165) is 19.5 Å². The van der Waals surface area contributed by atoms with Crippen LogP contribution in [0, 0.1) is 17.8 Å². The Kier molecular flexibility index (Phi) is 5.40. The van der Waals surface area contributed by atoms with E-state index in [-0.39, 0.29) is 17.9 Å². The summed E-state index contributed by atoms with van der Waals surface area (Å²) >= 11 is 0. The maximum Gasteiger partial charge on any atom is 0.225 e. The summed E-state index contributed by atoms with van der Waals surface area (Å²) in [5.74, 6) is 1.08. The Labute approximate surface area is 128 Å². The fourth-order valence-corrected chi connectivity index (χ4v) is 3.02. The molecule has 3 nitrogen and oxygen atoms in total. The highest BCUT2D eigenvalue weighted by molar-refractivity contribution is 5.80. The van der Waals surface area contributed by atoms with Gasteiger partial charge in [0.2, 0.25) is 5.91 Å². The summed E-state index contributed by atoms with van der Waals surface area (Å²) in [5, 5.41) is 6.56. The molecule has 1 aromatic rings. The van der Waals surface area contributed by atoms with E-state index in [9.17, 15) is 4.79 Å². The summed E-state index contributed by atoms with van der Waals surface area (Å²) in [6, 6.07) is 8.73. The van der Waals surface area contributed by atoms with Crippen molar-refractivity contribution in [2.24, 2.45) is 17.8 Å². The third-order valence-electron chi connectivity index (χ3n) is 4.57. The number of nitrogens with one attached hydrogen (secondary N) is 2. The normalized spacial score (nSPS) is 23.3. The first-order valence-electron chi connectivity index (χ1n) is 8.12. The van der Waals surface area contributed by atoms with Crippen LogP contribution in [0.5, 0.6) is 0 Å².